The molecule has 15 nitrogen and oxygen atoms in total. The van der Waals surface area contributed by atoms with Crippen LogP contribution in [0.4, 0.5) is 14.7 Å². The van der Waals surface area contributed by atoms with Crippen molar-refractivity contribution in [3.63, 3.8) is 0 Å². The monoisotopic (exact) mass is 655 g/mol. The smallest absolute Gasteiger partial charge is 0.407 e. The van der Waals surface area contributed by atoms with Crippen LogP contribution in [0.1, 0.15) is 61.3 Å². The van der Waals surface area contributed by atoms with Gasteiger partial charge in [0.15, 0.2) is 5.13 Å². The number of carbonyl (C=O) groups excluding carboxylic acids is 4. The van der Waals surface area contributed by atoms with Gasteiger partial charge in [-0.2, -0.15) is 0 Å². The normalized spacial score (nSPS) is 11.5. The lowest BCUT2D eigenvalue weighted by molar-refractivity contribution is -0.137. The van der Waals surface area contributed by atoms with Gasteiger partial charge in [0.05, 0.1) is 25.6 Å². The van der Waals surface area contributed by atoms with Crippen molar-refractivity contribution in [1.29, 1.82) is 0 Å². The van der Waals surface area contributed by atoms with Crippen LogP contribution in [0.15, 0.2) is 54.2 Å². The molecule has 16 heteroatoms. The third-order valence-electron chi connectivity index (χ3n) is 5.83. The molecular weight excluding hydrogens is 618 g/mol. The first-order chi connectivity index (χ1) is 21.9. The van der Waals surface area contributed by atoms with Gasteiger partial charge in [0.1, 0.15) is 17.0 Å². The van der Waals surface area contributed by atoms with E-state index in [-0.39, 0.29) is 23.8 Å². The molecule has 0 aliphatic rings. The van der Waals surface area contributed by atoms with Gasteiger partial charge in [-0.25, -0.2) is 14.6 Å². The molecule has 1 atom stereocenters. The standard InChI is InChI=1S/C30H37N7O8S/c1-30(2,3)45-29(43)32-12-7-13-44-23-10-5-4-8-20(23)16-34-27(42)37-28-36-22(18-46-28)26(41)33-17-24(38)35-21(14-25(39)40)19-9-6-11-31-15-19/h4-6,8-11,15,18,21H,7,12-14,16-17H2,1-3H3,(H,32,43)(H,33,41)(H,35,38)(H,39,40)(H2,34,36,37,42). The fraction of sp³-hybridized carbons (Fsp3) is 0.367. The molecule has 6 N–H and O–H groups in total. The Bertz CT molecular complexity index is 1490. The van der Waals surface area contributed by atoms with E-state index in [1.54, 1.807) is 51.1 Å². The molecule has 0 fully saturated rings. The summed E-state index contributed by atoms with van der Waals surface area (Å²) in [6, 6.07) is 9.07. The molecule has 2 heterocycles. The number of alkyl carbamates (subject to hydrolysis) is 1. The number of carboxylic acid groups (broad SMARTS) is 1. The van der Waals surface area contributed by atoms with Crippen molar-refractivity contribution in [2.75, 3.05) is 25.0 Å². The SMILES string of the molecule is CC(C)(C)OC(=O)NCCCOc1ccccc1CNC(=O)Nc1nc(C(=O)NCC(=O)NC(CC(=O)O)c2cccnc2)cs1. The number of para-hydroxylation sites is 1. The van der Waals surface area contributed by atoms with Crippen LogP contribution in [-0.4, -0.2) is 70.3 Å². The summed E-state index contributed by atoms with van der Waals surface area (Å²) < 4.78 is 11.0. The van der Waals surface area contributed by atoms with E-state index >= 15 is 0 Å². The maximum absolute atomic E-state index is 12.5. The van der Waals surface area contributed by atoms with Crippen molar-refractivity contribution in [2.45, 2.75) is 51.8 Å². The number of rotatable bonds is 15. The summed E-state index contributed by atoms with van der Waals surface area (Å²) in [5, 5.41) is 23.7. The number of nitrogens with one attached hydrogen (secondary N) is 5. The van der Waals surface area contributed by atoms with Crippen molar-refractivity contribution < 1.29 is 38.6 Å². The molecule has 1 unspecified atom stereocenters. The summed E-state index contributed by atoms with van der Waals surface area (Å²) in [4.78, 5) is 68.4. The number of aliphatic carboxylic acids is 1. The van der Waals surface area contributed by atoms with Gasteiger partial charge in [-0.05, 0) is 44.9 Å². The number of carboxylic acids is 1. The second-order valence-corrected chi connectivity index (χ2v) is 11.6. The third kappa shape index (κ3) is 12.8. The number of ether oxygens (including phenoxy) is 2. The van der Waals surface area contributed by atoms with Crippen LogP contribution in [-0.2, 0) is 20.9 Å². The van der Waals surface area contributed by atoms with E-state index in [1.165, 1.54) is 17.8 Å². The van der Waals surface area contributed by atoms with Gasteiger partial charge in [0, 0.05) is 36.4 Å². The lowest BCUT2D eigenvalue weighted by atomic mass is 10.1. The molecule has 2 aromatic heterocycles. The molecule has 0 aliphatic carbocycles. The molecular formula is C30H37N7O8S. The average Bonchev–Trinajstić information content (AvgIpc) is 3.46. The van der Waals surface area contributed by atoms with Crippen LogP contribution in [0, 0.1) is 0 Å². The van der Waals surface area contributed by atoms with E-state index in [9.17, 15) is 29.1 Å². The van der Waals surface area contributed by atoms with Crippen molar-refractivity contribution in [2.24, 2.45) is 0 Å². The van der Waals surface area contributed by atoms with Gasteiger partial charge in [-0.1, -0.05) is 24.3 Å². The molecule has 0 saturated heterocycles. The number of hydrogen-bond donors (Lipinski definition) is 6. The van der Waals surface area contributed by atoms with Crippen LogP contribution in [0.3, 0.4) is 0 Å². The Labute approximate surface area is 269 Å². The predicted octanol–water partition coefficient (Wildman–Crippen LogP) is 3.22. The Balaban J connectivity index is 1.41. The number of urea groups is 1. The zero-order valence-corrected chi connectivity index (χ0v) is 26.4. The first-order valence-corrected chi connectivity index (χ1v) is 15.1. The van der Waals surface area contributed by atoms with Gasteiger partial charge < -0.3 is 35.8 Å². The molecule has 0 bridgehead atoms. The number of amides is 5. The Morgan fingerprint density at radius 3 is 2.52 bits per heavy atom. The van der Waals surface area contributed by atoms with Crippen LogP contribution in [0.5, 0.6) is 5.75 Å². The first kappa shape index (κ1) is 35.2. The number of aromatic nitrogens is 2. The highest BCUT2D eigenvalue weighted by Gasteiger charge is 2.20. The molecule has 0 aliphatic heterocycles. The minimum Gasteiger partial charge on any atom is -0.493 e. The van der Waals surface area contributed by atoms with E-state index < -0.39 is 48.1 Å². The zero-order chi connectivity index (χ0) is 33.5. The molecule has 0 radical (unpaired) electrons. The maximum atomic E-state index is 12.5. The molecule has 5 amide bonds. The number of pyridine rings is 1. The summed E-state index contributed by atoms with van der Waals surface area (Å²) in [7, 11) is 0. The number of benzene rings is 1. The topological polar surface area (TPSA) is 210 Å². The average molecular weight is 656 g/mol. The summed E-state index contributed by atoms with van der Waals surface area (Å²) >= 11 is 1.02. The van der Waals surface area contributed by atoms with Crippen molar-refractivity contribution >= 4 is 46.4 Å². The summed E-state index contributed by atoms with van der Waals surface area (Å²) in [6.45, 7) is 5.79. The van der Waals surface area contributed by atoms with E-state index in [2.05, 4.69) is 36.6 Å². The highest BCUT2D eigenvalue weighted by Crippen LogP contribution is 2.19. The minimum absolute atomic E-state index is 0.0117. The second-order valence-electron chi connectivity index (χ2n) is 10.8. The summed E-state index contributed by atoms with van der Waals surface area (Å²) in [6.07, 6.45) is 2.67. The maximum Gasteiger partial charge on any atom is 0.407 e. The van der Waals surface area contributed by atoms with Crippen molar-refractivity contribution in [3.8, 4) is 5.75 Å². The largest absolute Gasteiger partial charge is 0.493 e. The van der Waals surface area contributed by atoms with Gasteiger partial charge >= 0.3 is 18.1 Å². The number of anilines is 1. The fourth-order valence-electron chi connectivity index (χ4n) is 3.81. The van der Waals surface area contributed by atoms with Crippen molar-refractivity contribution in [1.82, 2.24) is 31.2 Å². The molecule has 0 spiro atoms. The summed E-state index contributed by atoms with van der Waals surface area (Å²) in [5.74, 6) is -1.78. The van der Waals surface area contributed by atoms with Gasteiger partial charge in [-0.15, -0.1) is 11.3 Å². The van der Waals surface area contributed by atoms with Crippen molar-refractivity contribution in [3.05, 3.63) is 71.0 Å². The summed E-state index contributed by atoms with van der Waals surface area (Å²) in [5.41, 5.74) is 0.652. The molecule has 1 aromatic carbocycles. The number of hydrogen-bond acceptors (Lipinski definition) is 10. The van der Waals surface area contributed by atoms with Gasteiger partial charge in [0.25, 0.3) is 5.91 Å². The Morgan fingerprint density at radius 1 is 1.02 bits per heavy atom. The van der Waals surface area contributed by atoms with Gasteiger partial charge in [-0.3, -0.25) is 24.7 Å². The Kier molecular flexibility index (Phi) is 13.2. The number of thiazole rings is 1. The lowest BCUT2D eigenvalue weighted by Gasteiger charge is -2.19. The predicted molar refractivity (Wildman–Crippen MR) is 168 cm³/mol. The molecule has 246 valence electrons. The van der Waals surface area contributed by atoms with E-state index in [1.807, 2.05) is 6.07 Å². The Morgan fingerprint density at radius 2 is 1.80 bits per heavy atom. The van der Waals surface area contributed by atoms with Gasteiger partial charge in [0.2, 0.25) is 5.91 Å². The second kappa shape index (κ2) is 17.3. The zero-order valence-electron chi connectivity index (χ0n) is 25.6. The first-order valence-electron chi connectivity index (χ1n) is 14.3. The number of nitrogens with zero attached hydrogens (tertiary/aromatic N) is 2. The van der Waals surface area contributed by atoms with E-state index in [4.69, 9.17) is 9.47 Å². The molecule has 3 aromatic rings. The minimum atomic E-state index is -1.11. The van der Waals surface area contributed by atoms with E-state index in [0.29, 0.717) is 30.9 Å². The van der Waals surface area contributed by atoms with Crippen LogP contribution in [0.2, 0.25) is 0 Å². The fourth-order valence-corrected chi connectivity index (χ4v) is 4.49. The highest BCUT2D eigenvalue weighted by atomic mass is 32.1. The lowest BCUT2D eigenvalue weighted by Crippen LogP contribution is -2.39. The third-order valence-corrected chi connectivity index (χ3v) is 6.58. The highest BCUT2D eigenvalue weighted by molar-refractivity contribution is 7.14. The molecule has 46 heavy (non-hydrogen) atoms. The van der Waals surface area contributed by atoms with E-state index in [0.717, 1.165) is 16.9 Å². The quantitative estimate of drug-likeness (QED) is 0.132. The Hall–Kier alpha value is -5.25. The van der Waals surface area contributed by atoms with Crippen LogP contribution >= 0.6 is 11.3 Å². The molecule has 0 saturated carbocycles. The molecule has 3 rings (SSSR count). The van der Waals surface area contributed by atoms with Crippen LogP contribution in [0.25, 0.3) is 0 Å². The van der Waals surface area contributed by atoms with Crippen LogP contribution < -0.4 is 31.3 Å². The number of carbonyl (C=O) groups is 5.